The molecule has 0 aliphatic rings. The molecule has 7 heteroatoms. The third-order valence-electron chi connectivity index (χ3n) is 2.07. The lowest BCUT2D eigenvalue weighted by molar-refractivity contribution is 0.447. The summed E-state index contributed by atoms with van der Waals surface area (Å²) in [5, 5.41) is 10.4. The summed E-state index contributed by atoms with van der Waals surface area (Å²) in [6, 6.07) is 3.95. The predicted octanol–water partition coefficient (Wildman–Crippen LogP) is 1.84. The summed E-state index contributed by atoms with van der Waals surface area (Å²) in [5.41, 5.74) is 0.0302. The molecule has 0 bridgehead atoms. The average Bonchev–Trinajstić information content (AvgIpc) is 2.18. The van der Waals surface area contributed by atoms with Gasteiger partial charge in [0.25, 0.3) is 10.1 Å². The van der Waals surface area contributed by atoms with E-state index >= 15 is 0 Å². The van der Waals surface area contributed by atoms with Crippen LogP contribution in [-0.2, 0) is 10.1 Å². The highest BCUT2D eigenvalue weighted by Gasteiger charge is 2.18. The molecule has 1 heterocycles. The molecule has 0 spiro atoms. The van der Waals surface area contributed by atoms with Crippen LogP contribution in [0.4, 0.5) is 0 Å². The van der Waals surface area contributed by atoms with E-state index in [4.69, 9.17) is 16.2 Å². The highest BCUT2D eigenvalue weighted by atomic mass is 35.5. The van der Waals surface area contributed by atoms with Gasteiger partial charge in [0, 0.05) is 11.6 Å². The van der Waals surface area contributed by atoms with E-state index in [-0.39, 0.29) is 5.52 Å². The van der Waals surface area contributed by atoms with Crippen LogP contribution in [0.3, 0.4) is 0 Å². The maximum absolute atomic E-state index is 10.9. The van der Waals surface area contributed by atoms with Crippen molar-refractivity contribution >= 4 is 32.6 Å². The van der Waals surface area contributed by atoms with Crippen LogP contribution in [0, 0.1) is 0 Å². The molecule has 5 nitrogen and oxygen atoms in total. The Bertz CT molecular complexity index is 669. The molecule has 1 aromatic carbocycles. The number of phenolic OH excluding ortho intramolecular Hbond substituents is 1. The van der Waals surface area contributed by atoms with Gasteiger partial charge in [0.15, 0.2) is 5.75 Å². The number of aromatic hydroxyl groups is 1. The lowest BCUT2D eigenvalue weighted by atomic mass is 10.2. The van der Waals surface area contributed by atoms with Gasteiger partial charge in [-0.25, -0.2) is 0 Å². The van der Waals surface area contributed by atoms with E-state index in [9.17, 15) is 13.5 Å². The summed E-state index contributed by atoms with van der Waals surface area (Å²) in [4.78, 5) is 3.22. The van der Waals surface area contributed by atoms with E-state index in [1.165, 1.54) is 18.3 Å². The minimum atomic E-state index is -4.47. The normalized spacial score (nSPS) is 11.9. The molecule has 0 fully saturated rings. The monoisotopic (exact) mass is 259 g/mol. The largest absolute Gasteiger partial charge is 0.504 e. The van der Waals surface area contributed by atoms with Gasteiger partial charge in [0.05, 0.1) is 5.02 Å². The molecule has 1 aromatic heterocycles. The van der Waals surface area contributed by atoms with E-state index in [0.29, 0.717) is 10.4 Å². The van der Waals surface area contributed by atoms with Gasteiger partial charge in [-0.2, -0.15) is 8.42 Å². The second-order valence-corrected chi connectivity index (χ2v) is 4.87. The Balaban J connectivity index is 2.92. The third kappa shape index (κ3) is 1.71. The number of phenols is 1. The van der Waals surface area contributed by atoms with Crippen molar-refractivity contribution in [3.63, 3.8) is 0 Å². The van der Waals surface area contributed by atoms with Crippen LogP contribution in [-0.4, -0.2) is 23.1 Å². The fourth-order valence-corrected chi connectivity index (χ4v) is 2.15. The minimum absolute atomic E-state index is 0.0302. The number of halogens is 1. The van der Waals surface area contributed by atoms with Gasteiger partial charge >= 0.3 is 0 Å². The predicted molar refractivity (Wildman–Crippen MR) is 58.2 cm³/mol. The van der Waals surface area contributed by atoms with Crippen LogP contribution in [0.2, 0.25) is 5.02 Å². The maximum atomic E-state index is 10.9. The van der Waals surface area contributed by atoms with Gasteiger partial charge in [0.1, 0.15) is 10.4 Å². The molecule has 0 atom stereocenters. The van der Waals surface area contributed by atoms with E-state index in [0.717, 1.165) is 6.07 Å². The van der Waals surface area contributed by atoms with Crippen LogP contribution in [0.25, 0.3) is 10.9 Å². The number of nitrogens with zero attached hydrogens (tertiary/aromatic N) is 1. The Morgan fingerprint density at radius 1 is 1.25 bits per heavy atom. The second-order valence-electron chi connectivity index (χ2n) is 3.08. The SMILES string of the molecule is O=S(=O)(O)c1ccc2c(Cl)ccnc2c1O. The minimum Gasteiger partial charge on any atom is -0.504 e. The number of aromatic nitrogens is 1. The van der Waals surface area contributed by atoms with Crippen molar-refractivity contribution in [2.75, 3.05) is 0 Å². The molecule has 0 unspecified atom stereocenters. The van der Waals surface area contributed by atoms with Crippen molar-refractivity contribution in [1.29, 1.82) is 0 Å². The van der Waals surface area contributed by atoms with Crippen LogP contribution in [0.1, 0.15) is 0 Å². The van der Waals surface area contributed by atoms with Gasteiger partial charge in [-0.3, -0.25) is 9.54 Å². The number of rotatable bonds is 1. The quantitative estimate of drug-likeness (QED) is 0.763. The second kappa shape index (κ2) is 3.58. The molecule has 0 radical (unpaired) electrons. The first-order valence-electron chi connectivity index (χ1n) is 4.15. The van der Waals surface area contributed by atoms with Crippen molar-refractivity contribution in [3.05, 3.63) is 29.4 Å². The van der Waals surface area contributed by atoms with Crippen molar-refractivity contribution in [2.24, 2.45) is 0 Å². The Morgan fingerprint density at radius 2 is 1.94 bits per heavy atom. The van der Waals surface area contributed by atoms with Gasteiger partial charge < -0.3 is 5.11 Å². The zero-order chi connectivity index (χ0) is 11.9. The molecular weight excluding hydrogens is 254 g/mol. The molecule has 16 heavy (non-hydrogen) atoms. The highest BCUT2D eigenvalue weighted by Crippen LogP contribution is 2.33. The first-order chi connectivity index (χ1) is 7.41. The summed E-state index contributed by atoms with van der Waals surface area (Å²) < 4.78 is 30.7. The Labute approximate surface area is 96.1 Å². The van der Waals surface area contributed by atoms with Gasteiger partial charge in [-0.05, 0) is 18.2 Å². The standard InChI is InChI=1S/C9H6ClNO4S/c10-6-3-4-11-8-5(6)1-2-7(9(8)12)16(13,14)15/h1-4,12H,(H,13,14,15). The zero-order valence-corrected chi connectivity index (χ0v) is 9.33. The average molecular weight is 260 g/mol. The Kier molecular flexibility index (Phi) is 2.49. The molecular formula is C9H6ClNO4S. The number of benzene rings is 1. The van der Waals surface area contributed by atoms with Crippen molar-refractivity contribution in [1.82, 2.24) is 4.98 Å². The van der Waals surface area contributed by atoms with Crippen molar-refractivity contribution < 1.29 is 18.1 Å². The fraction of sp³-hybridized carbons (Fsp3) is 0. The van der Waals surface area contributed by atoms with Gasteiger partial charge in [-0.1, -0.05) is 11.6 Å². The summed E-state index contributed by atoms with van der Waals surface area (Å²) in [7, 11) is -4.47. The fourth-order valence-electron chi connectivity index (χ4n) is 1.36. The topological polar surface area (TPSA) is 87.5 Å². The summed E-state index contributed by atoms with van der Waals surface area (Å²) >= 11 is 5.83. The number of fused-ring (bicyclic) bond motifs is 1. The molecule has 0 saturated carbocycles. The maximum Gasteiger partial charge on any atom is 0.298 e. The summed E-state index contributed by atoms with van der Waals surface area (Å²) in [6.07, 6.45) is 1.33. The molecule has 84 valence electrons. The molecule has 0 saturated heterocycles. The number of pyridine rings is 1. The van der Waals surface area contributed by atoms with Gasteiger partial charge in [-0.15, -0.1) is 0 Å². The first kappa shape index (κ1) is 11.1. The lowest BCUT2D eigenvalue weighted by Crippen LogP contribution is -1.99. The zero-order valence-electron chi connectivity index (χ0n) is 7.75. The van der Waals surface area contributed by atoms with Crippen LogP contribution in [0.5, 0.6) is 5.75 Å². The number of hydrogen-bond acceptors (Lipinski definition) is 4. The molecule has 0 aliphatic carbocycles. The van der Waals surface area contributed by atoms with Crippen molar-refractivity contribution in [2.45, 2.75) is 4.90 Å². The Hall–Kier alpha value is -1.37. The van der Waals surface area contributed by atoms with Crippen LogP contribution in [0.15, 0.2) is 29.3 Å². The van der Waals surface area contributed by atoms with E-state index < -0.39 is 20.8 Å². The summed E-state index contributed by atoms with van der Waals surface area (Å²) in [5.74, 6) is -0.609. The van der Waals surface area contributed by atoms with Crippen molar-refractivity contribution in [3.8, 4) is 5.75 Å². The number of hydrogen-bond donors (Lipinski definition) is 2. The third-order valence-corrected chi connectivity index (χ3v) is 3.29. The van der Waals surface area contributed by atoms with E-state index in [2.05, 4.69) is 4.98 Å². The lowest BCUT2D eigenvalue weighted by Gasteiger charge is -2.05. The highest BCUT2D eigenvalue weighted by molar-refractivity contribution is 7.86. The van der Waals surface area contributed by atoms with Gasteiger partial charge in [0.2, 0.25) is 0 Å². The van der Waals surface area contributed by atoms with Crippen LogP contribution < -0.4 is 0 Å². The Morgan fingerprint density at radius 3 is 2.56 bits per heavy atom. The van der Waals surface area contributed by atoms with E-state index in [1.807, 2.05) is 0 Å². The molecule has 0 aliphatic heterocycles. The van der Waals surface area contributed by atoms with Crippen LogP contribution >= 0.6 is 11.6 Å². The molecule has 2 N–H and O–H groups in total. The molecule has 2 aromatic rings. The smallest absolute Gasteiger partial charge is 0.298 e. The molecule has 2 rings (SSSR count). The molecule has 0 amide bonds. The first-order valence-corrected chi connectivity index (χ1v) is 5.97. The van der Waals surface area contributed by atoms with E-state index in [1.54, 1.807) is 0 Å². The summed E-state index contributed by atoms with van der Waals surface area (Å²) in [6.45, 7) is 0.